The van der Waals surface area contributed by atoms with E-state index in [-0.39, 0.29) is 18.9 Å². The van der Waals surface area contributed by atoms with E-state index in [4.69, 9.17) is 0 Å². The first-order chi connectivity index (χ1) is 5.38. The minimum absolute atomic E-state index is 0. The summed E-state index contributed by atoms with van der Waals surface area (Å²) in [7, 11) is 0. The molecule has 0 atom stereocenters. The van der Waals surface area contributed by atoms with Crippen LogP contribution in [0.25, 0.3) is 0 Å². The second-order valence-electron chi connectivity index (χ2n) is 3.09. The molecule has 2 rings (SSSR count). The van der Waals surface area contributed by atoms with Gasteiger partial charge in [0.1, 0.15) is 0 Å². The predicted molar refractivity (Wildman–Crippen MR) is 45.3 cm³/mol. The van der Waals surface area contributed by atoms with E-state index in [0.717, 1.165) is 0 Å². The fraction of sp³-hybridized carbons (Fsp3) is 0.400. The first kappa shape index (κ1) is 9.70. The van der Waals surface area contributed by atoms with Gasteiger partial charge in [-0.1, -0.05) is 31.5 Å². The molecule has 0 unspecified atom stereocenters. The minimum Gasteiger partial charge on any atom is -0.295 e. The van der Waals surface area contributed by atoms with Crippen molar-refractivity contribution in [2.75, 3.05) is 0 Å². The number of hydrogen-bond acceptors (Lipinski definition) is 1. The van der Waals surface area contributed by atoms with Gasteiger partial charge in [0, 0.05) is 6.20 Å². The average molecular weight is 153 g/mol. The maximum Gasteiger partial charge on any atom is 1.00 e. The van der Waals surface area contributed by atoms with E-state index in [1.807, 2.05) is 6.20 Å². The molecule has 1 aromatic heterocycles. The molecule has 1 aliphatic carbocycles. The third kappa shape index (κ3) is 1.68. The van der Waals surface area contributed by atoms with Crippen LogP contribution in [0.4, 0.5) is 0 Å². The van der Waals surface area contributed by atoms with Crippen LogP contribution in [0.2, 0.25) is 0 Å². The monoisotopic (exact) mass is 153 g/mol. The summed E-state index contributed by atoms with van der Waals surface area (Å²) in [6.07, 6.45) is 7.84. The Kier molecular flexibility index (Phi) is 3.26. The number of fused-ring (bicyclic) bond motifs is 1. The van der Waals surface area contributed by atoms with Crippen LogP contribution in [0.3, 0.4) is 0 Å². The first-order valence-corrected chi connectivity index (χ1v) is 4.15. The fourth-order valence-electron chi connectivity index (χ4n) is 1.63. The molecular formula is C10H12LiN. The van der Waals surface area contributed by atoms with Crippen LogP contribution in [-0.2, 0) is 6.42 Å². The normalized spacial score (nSPS) is 14.1. The van der Waals surface area contributed by atoms with Gasteiger partial charge < -0.3 is 0 Å². The van der Waals surface area contributed by atoms with E-state index in [0.29, 0.717) is 0 Å². The Morgan fingerprint density at radius 1 is 1.50 bits per heavy atom. The number of pyridine rings is 1. The third-order valence-electron chi connectivity index (χ3n) is 2.29. The van der Waals surface area contributed by atoms with E-state index in [1.54, 1.807) is 0 Å². The molecule has 0 saturated heterocycles. The van der Waals surface area contributed by atoms with Crippen molar-refractivity contribution in [1.29, 1.82) is 0 Å². The van der Waals surface area contributed by atoms with Crippen LogP contribution in [0.5, 0.6) is 0 Å². The molecule has 1 heterocycles. The second-order valence-corrected chi connectivity index (χ2v) is 3.09. The average Bonchev–Trinajstić information content (AvgIpc) is 2.06. The van der Waals surface area contributed by atoms with E-state index >= 15 is 0 Å². The minimum atomic E-state index is 0. The quantitative estimate of drug-likeness (QED) is 0.354. The standard InChI is InChI=1S/C10H12N.Li/c1-8-6-7-11-10-5-3-2-4-9(8)10;/h5-7H,2-4H2,1H3;/q-1;+1. The summed E-state index contributed by atoms with van der Waals surface area (Å²) in [6.45, 7) is 2.17. The zero-order valence-corrected chi connectivity index (χ0v) is 7.80. The van der Waals surface area contributed by atoms with Crippen molar-refractivity contribution in [2.24, 2.45) is 0 Å². The Morgan fingerprint density at radius 3 is 3.08 bits per heavy atom. The van der Waals surface area contributed by atoms with Crippen LogP contribution >= 0.6 is 0 Å². The maximum absolute atomic E-state index is 4.32. The van der Waals surface area contributed by atoms with Crippen molar-refractivity contribution in [3.8, 4) is 0 Å². The number of hydrogen-bond donors (Lipinski definition) is 0. The van der Waals surface area contributed by atoms with E-state index in [2.05, 4.69) is 24.4 Å². The molecule has 1 aliphatic rings. The zero-order valence-electron chi connectivity index (χ0n) is 7.80. The predicted octanol–water partition coefficient (Wildman–Crippen LogP) is -0.717. The molecule has 1 nitrogen and oxygen atoms in total. The van der Waals surface area contributed by atoms with E-state index < -0.39 is 0 Å². The van der Waals surface area contributed by atoms with E-state index in [1.165, 1.54) is 36.1 Å². The molecule has 0 radical (unpaired) electrons. The van der Waals surface area contributed by atoms with Gasteiger partial charge in [-0.2, -0.15) is 5.56 Å². The van der Waals surface area contributed by atoms with Gasteiger partial charge in [0.05, 0.1) is 0 Å². The van der Waals surface area contributed by atoms with Gasteiger partial charge in [-0.15, -0.1) is 12.0 Å². The molecule has 0 N–H and O–H groups in total. The Hall–Kier alpha value is -0.383. The van der Waals surface area contributed by atoms with Gasteiger partial charge in [-0.3, -0.25) is 4.98 Å². The van der Waals surface area contributed by atoms with E-state index in [9.17, 15) is 0 Å². The first-order valence-electron chi connectivity index (χ1n) is 4.15. The van der Waals surface area contributed by atoms with Crippen molar-refractivity contribution in [3.05, 3.63) is 35.5 Å². The molecule has 1 aromatic rings. The summed E-state index contributed by atoms with van der Waals surface area (Å²) in [6, 6.07) is 2.10. The SMILES string of the molecule is Cc1ccnc2c1CCC[CH-]2.[Li+]. The van der Waals surface area contributed by atoms with Gasteiger partial charge >= 0.3 is 18.9 Å². The third-order valence-corrected chi connectivity index (χ3v) is 2.29. The maximum atomic E-state index is 4.32. The molecule has 0 aliphatic heterocycles. The summed E-state index contributed by atoms with van der Waals surface area (Å²) in [5.74, 6) is 0. The summed E-state index contributed by atoms with van der Waals surface area (Å²) in [4.78, 5) is 4.32. The molecule has 0 amide bonds. The van der Waals surface area contributed by atoms with Crippen LogP contribution in [0.1, 0.15) is 29.7 Å². The van der Waals surface area contributed by atoms with Gasteiger partial charge in [0.15, 0.2) is 0 Å². The second kappa shape index (κ2) is 4.03. The molecule has 0 bridgehead atoms. The van der Waals surface area contributed by atoms with Crippen molar-refractivity contribution >= 4 is 0 Å². The molecular weight excluding hydrogens is 141 g/mol. The van der Waals surface area contributed by atoms with Crippen molar-refractivity contribution in [1.82, 2.24) is 4.98 Å². The van der Waals surface area contributed by atoms with Crippen molar-refractivity contribution < 1.29 is 18.9 Å². The summed E-state index contributed by atoms with van der Waals surface area (Å²) in [5, 5.41) is 0. The molecule has 0 saturated carbocycles. The van der Waals surface area contributed by atoms with Crippen molar-refractivity contribution in [3.63, 3.8) is 0 Å². The number of nitrogens with zero attached hydrogens (tertiary/aromatic N) is 1. The molecule has 0 fully saturated rings. The molecule has 0 spiro atoms. The zero-order chi connectivity index (χ0) is 7.68. The van der Waals surface area contributed by atoms with Crippen LogP contribution < -0.4 is 18.9 Å². The Labute approximate surface area is 85.8 Å². The van der Waals surface area contributed by atoms with Gasteiger partial charge in [0.2, 0.25) is 0 Å². The van der Waals surface area contributed by atoms with Gasteiger partial charge in [0.25, 0.3) is 0 Å². The van der Waals surface area contributed by atoms with Crippen LogP contribution in [-0.4, -0.2) is 4.98 Å². The van der Waals surface area contributed by atoms with Crippen LogP contribution in [0, 0.1) is 13.3 Å². The Bertz CT molecular complexity index is 271. The molecule has 12 heavy (non-hydrogen) atoms. The smallest absolute Gasteiger partial charge is 0.295 e. The Morgan fingerprint density at radius 2 is 2.33 bits per heavy atom. The Balaban J connectivity index is 0.000000720. The topological polar surface area (TPSA) is 12.9 Å². The van der Waals surface area contributed by atoms with Gasteiger partial charge in [-0.05, 0) is 0 Å². The number of aromatic nitrogens is 1. The molecule has 2 heteroatoms. The van der Waals surface area contributed by atoms with Crippen LogP contribution in [0.15, 0.2) is 12.3 Å². The van der Waals surface area contributed by atoms with Crippen molar-refractivity contribution in [2.45, 2.75) is 26.2 Å². The fourth-order valence-corrected chi connectivity index (χ4v) is 1.63. The molecule has 0 aromatic carbocycles. The molecule has 58 valence electrons. The summed E-state index contributed by atoms with van der Waals surface area (Å²) in [5.41, 5.74) is 4.07. The largest absolute Gasteiger partial charge is 1.00 e. The summed E-state index contributed by atoms with van der Waals surface area (Å²) >= 11 is 0. The number of aryl methyl sites for hydroxylation is 1. The number of rotatable bonds is 0. The summed E-state index contributed by atoms with van der Waals surface area (Å²) < 4.78 is 0. The van der Waals surface area contributed by atoms with Gasteiger partial charge in [-0.25, -0.2) is 6.42 Å².